The maximum absolute atomic E-state index is 12.9. The van der Waals surface area contributed by atoms with E-state index in [-0.39, 0.29) is 11.9 Å². The molecule has 120 valence electrons. The predicted octanol–water partition coefficient (Wildman–Crippen LogP) is 1.65. The third-order valence-corrected chi connectivity index (χ3v) is 4.83. The number of hydrogen-bond donors (Lipinski definition) is 1. The van der Waals surface area contributed by atoms with E-state index in [1.165, 1.54) is 0 Å². The lowest BCUT2D eigenvalue weighted by Gasteiger charge is -2.31. The molecule has 1 aromatic rings. The summed E-state index contributed by atoms with van der Waals surface area (Å²) >= 11 is 0. The number of hydrogen-bond acceptors (Lipinski definition) is 3. The fourth-order valence-corrected chi connectivity index (χ4v) is 3.41. The van der Waals surface area contributed by atoms with Gasteiger partial charge in [0.15, 0.2) is 0 Å². The lowest BCUT2D eigenvalue weighted by molar-refractivity contribution is -0.126. The van der Waals surface area contributed by atoms with Gasteiger partial charge in [0.1, 0.15) is 5.75 Å². The van der Waals surface area contributed by atoms with Crippen LogP contribution in [0.4, 0.5) is 4.79 Å². The fourth-order valence-electron chi connectivity index (χ4n) is 3.41. The van der Waals surface area contributed by atoms with Crippen molar-refractivity contribution in [1.29, 1.82) is 0 Å². The SMILES string of the molecule is COc1ccccc1C1NC(=O)N(C)C2=C1C(=O)N(C1CC1)C2. The molecule has 0 spiro atoms. The third-order valence-electron chi connectivity index (χ3n) is 4.83. The Hall–Kier alpha value is -2.50. The van der Waals surface area contributed by atoms with Gasteiger partial charge in [0.2, 0.25) is 0 Å². The maximum atomic E-state index is 12.9. The minimum absolute atomic E-state index is 0.0326. The molecule has 3 aliphatic rings. The van der Waals surface area contributed by atoms with E-state index in [9.17, 15) is 9.59 Å². The van der Waals surface area contributed by atoms with Gasteiger partial charge in [-0.3, -0.25) is 9.69 Å². The standard InChI is InChI=1S/C17H19N3O3/c1-19-12-9-20(10-7-8-10)16(21)14(12)15(18-17(19)22)11-5-3-4-6-13(11)23-2/h3-6,10,15H,7-9H2,1-2H3,(H,18,22). The Kier molecular flexibility index (Phi) is 3.07. The molecule has 1 aromatic carbocycles. The summed E-state index contributed by atoms with van der Waals surface area (Å²) < 4.78 is 5.42. The monoisotopic (exact) mass is 313 g/mol. The highest BCUT2D eigenvalue weighted by Gasteiger charge is 2.47. The molecule has 1 saturated carbocycles. The Morgan fingerprint density at radius 1 is 1.22 bits per heavy atom. The molecule has 3 amide bonds. The lowest BCUT2D eigenvalue weighted by atomic mass is 9.95. The van der Waals surface area contributed by atoms with E-state index in [1.54, 1.807) is 19.1 Å². The topological polar surface area (TPSA) is 61.9 Å². The number of amides is 3. The molecule has 0 saturated heterocycles. The first-order chi connectivity index (χ1) is 11.1. The van der Waals surface area contributed by atoms with Crippen LogP contribution in [0.1, 0.15) is 24.4 Å². The summed E-state index contributed by atoms with van der Waals surface area (Å²) in [6, 6.07) is 7.19. The second-order valence-corrected chi connectivity index (χ2v) is 6.21. The van der Waals surface area contributed by atoms with Crippen LogP contribution in [0.15, 0.2) is 35.5 Å². The number of urea groups is 1. The van der Waals surface area contributed by atoms with Crippen molar-refractivity contribution in [1.82, 2.24) is 15.1 Å². The summed E-state index contributed by atoms with van der Waals surface area (Å²) in [5.41, 5.74) is 2.29. The van der Waals surface area contributed by atoms with Gasteiger partial charge in [0, 0.05) is 18.7 Å². The molecule has 1 N–H and O–H groups in total. The van der Waals surface area contributed by atoms with Crippen LogP contribution in [0.2, 0.25) is 0 Å². The smallest absolute Gasteiger partial charge is 0.322 e. The number of nitrogens with one attached hydrogen (secondary N) is 1. The number of ether oxygens (including phenoxy) is 1. The average Bonchev–Trinajstić information content (AvgIpc) is 3.35. The van der Waals surface area contributed by atoms with Gasteiger partial charge in [-0.25, -0.2) is 4.79 Å². The fraction of sp³-hybridized carbons (Fsp3) is 0.412. The van der Waals surface area contributed by atoms with E-state index in [4.69, 9.17) is 4.74 Å². The van der Waals surface area contributed by atoms with E-state index < -0.39 is 6.04 Å². The Balaban J connectivity index is 1.80. The first-order valence-corrected chi connectivity index (χ1v) is 7.83. The van der Waals surface area contributed by atoms with Crippen molar-refractivity contribution in [3.8, 4) is 5.75 Å². The highest BCUT2D eigenvalue weighted by atomic mass is 16.5. The van der Waals surface area contributed by atoms with Crippen molar-refractivity contribution < 1.29 is 14.3 Å². The second-order valence-electron chi connectivity index (χ2n) is 6.21. The zero-order chi connectivity index (χ0) is 16.1. The van der Waals surface area contributed by atoms with Gasteiger partial charge in [0.25, 0.3) is 5.91 Å². The molecule has 0 bridgehead atoms. The molecule has 6 heteroatoms. The zero-order valence-electron chi connectivity index (χ0n) is 13.2. The molecule has 1 unspecified atom stereocenters. The van der Waals surface area contributed by atoms with Gasteiger partial charge in [-0.2, -0.15) is 0 Å². The van der Waals surface area contributed by atoms with Gasteiger partial charge in [-0.15, -0.1) is 0 Å². The molecule has 1 fully saturated rings. The minimum atomic E-state index is -0.457. The molecule has 1 atom stereocenters. The van der Waals surface area contributed by atoms with Gasteiger partial charge in [-0.1, -0.05) is 18.2 Å². The molecule has 2 heterocycles. The van der Waals surface area contributed by atoms with Crippen LogP contribution in [0.3, 0.4) is 0 Å². The molecule has 4 rings (SSSR count). The van der Waals surface area contributed by atoms with Crippen LogP contribution in [-0.2, 0) is 4.79 Å². The Bertz CT molecular complexity index is 724. The first kappa shape index (κ1) is 14.1. The highest BCUT2D eigenvalue weighted by molar-refractivity contribution is 6.01. The maximum Gasteiger partial charge on any atom is 0.322 e. The van der Waals surface area contributed by atoms with Crippen LogP contribution < -0.4 is 10.1 Å². The van der Waals surface area contributed by atoms with Crippen LogP contribution in [0, 0.1) is 0 Å². The van der Waals surface area contributed by atoms with Gasteiger partial charge < -0.3 is 15.0 Å². The molecule has 6 nitrogen and oxygen atoms in total. The lowest BCUT2D eigenvalue weighted by Crippen LogP contribution is -2.45. The van der Waals surface area contributed by atoms with Crippen LogP contribution in [0.5, 0.6) is 5.75 Å². The molecule has 2 aliphatic heterocycles. The number of para-hydroxylation sites is 1. The summed E-state index contributed by atoms with van der Waals surface area (Å²) in [6.07, 6.45) is 2.10. The molecule has 0 aromatic heterocycles. The number of carbonyl (C=O) groups is 2. The number of rotatable bonds is 3. The molecule has 1 aliphatic carbocycles. The van der Waals surface area contributed by atoms with Crippen molar-refractivity contribution in [3.05, 3.63) is 41.1 Å². The Labute approximate surface area is 134 Å². The van der Waals surface area contributed by atoms with Crippen molar-refractivity contribution in [3.63, 3.8) is 0 Å². The predicted molar refractivity (Wildman–Crippen MR) is 83.8 cm³/mol. The largest absolute Gasteiger partial charge is 0.496 e. The summed E-state index contributed by atoms with van der Waals surface area (Å²) in [5, 5.41) is 2.94. The van der Waals surface area contributed by atoms with E-state index >= 15 is 0 Å². The van der Waals surface area contributed by atoms with Crippen molar-refractivity contribution >= 4 is 11.9 Å². The average molecular weight is 313 g/mol. The summed E-state index contributed by atoms with van der Waals surface area (Å²) in [4.78, 5) is 28.7. The zero-order valence-corrected chi connectivity index (χ0v) is 13.2. The Morgan fingerprint density at radius 2 is 1.96 bits per heavy atom. The van der Waals surface area contributed by atoms with Gasteiger partial charge >= 0.3 is 6.03 Å². The van der Waals surface area contributed by atoms with E-state index in [2.05, 4.69) is 5.32 Å². The summed E-state index contributed by atoms with van der Waals surface area (Å²) in [7, 11) is 3.31. The quantitative estimate of drug-likeness (QED) is 0.923. The first-order valence-electron chi connectivity index (χ1n) is 7.83. The summed E-state index contributed by atoms with van der Waals surface area (Å²) in [5.74, 6) is 0.706. The number of carbonyl (C=O) groups excluding carboxylic acids is 2. The van der Waals surface area contributed by atoms with Crippen LogP contribution in [-0.4, -0.2) is 48.5 Å². The van der Waals surface area contributed by atoms with Crippen LogP contribution >= 0.6 is 0 Å². The number of benzene rings is 1. The number of nitrogens with zero attached hydrogens (tertiary/aromatic N) is 2. The van der Waals surface area contributed by atoms with Crippen molar-refractivity contribution in [2.45, 2.75) is 24.9 Å². The minimum Gasteiger partial charge on any atom is -0.496 e. The van der Waals surface area contributed by atoms with Crippen molar-refractivity contribution in [2.75, 3.05) is 20.7 Å². The second kappa shape index (κ2) is 5.01. The molecule has 23 heavy (non-hydrogen) atoms. The van der Waals surface area contributed by atoms with Crippen LogP contribution in [0.25, 0.3) is 0 Å². The number of likely N-dealkylation sites (N-methyl/N-ethyl adjacent to an activating group) is 1. The van der Waals surface area contributed by atoms with E-state index in [0.717, 1.165) is 24.1 Å². The van der Waals surface area contributed by atoms with E-state index in [0.29, 0.717) is 23.9 Å². The van der Waals surface area contributed by atoms with E-state index in [1.807, 2.05) is 29.2 Å². The van der Waals surface area contributed by atoms with Gasteiger partial charge in [0.05, 0.1) is 31.0 Å². The normalized spacial score (nSPS) is 24.0. The molecular weight excluding hydrogens is 294 g/mol. The molecule has 0 radical (unpaired) electrons. The highest BCUT2D eigenvalue weighted by Crippen LogP contribution is 2.41. The number of methoxy groups -OCH3 is 1. The molecular formula is C17H19N3O3. The Morgan fingerprint density at radius 3 is 2.65 bits per heavy atom. The third kappa shape index (κ3) is 2.09. The van der Waals surface area contributed by atoms with Gasteiger partial charge in [-0.05, 0) is 18.9 Å². The summed E-state index contributed by atoms with van der Waals surface area (Å²) in [6.45, 7) is 0.522. The van der Waals surface area contributed by atoms with Crippen molar-refractivity contribution in [2.24, 2.45) is 0 Å².